The van der Waals surface area contributed by atoms with Gasteiger partial charge < -0.3 is 10.3 Å². The number of allylic oxidation sites excluding steroid dienone is 4. The molecule has 4 heteroatoms. The van der Waals surface area contributed by atoms with Gasteiger partial charge in [-0.3, -0.25) is 4.79 Å². The summed E-state index contributed by atoms with van der Waals surface area (Å²) in [6.07, 6.45) is 47.6. The van der Waals surface area contributed by atoms with Crippen LogP contribution in [-0.4, -0.2) is 21.9 Å². The molecule has 4 nitrogen and oxygen atoms in total. The lowest BCUT2D eigenvalue weighted by atomic mass is 9.83. The summed E-state index contributed by atoms with van der Waals surface area (Å²) in [7, 11) is 0. The summed E-state index contributed by atoms with van der Waals surface area (Å²) >= 11 is 0. The average molecular weight is 640 g/mol. The van der Waals surface area contributed by atoms with Gasteiger partial charge in [-0.1, -0.05) is 148 Å². The molecule has 0 aliphatic heterocycles. The van der Waals surface area contributed by atoms with Gasteiger partial charge in [0, 0.05) is 30.8 Å². The number of aromatic nitrogens is 2. The van der Waals surface area contributed by atoms with Crippen LogP contribution in [-0.2, 0) is 4.79 Å². The first-order chi connectivity index (χ1) is 22.6. The number of rotatable bonds is 33. The Hall–Kier alpha value is -1.84. The van der Waals surface area contributed by atoms with E-state index in [-0.39, 0.29) is 11.9 Å². The molecule has 0 radical (unpaired) electrons. The van der Waals surface area contributed by atoms with E-state index in [0.717, 1.165) is 25.1 Å². The van der Waals surface area contributed by atoms with Gasteiger partial charge >= 0.3 is 0 Å². The Morgan fingerprint density at radius 3 is 1.54 bits per heavy atom. The van der Waals surface area contributed by atoms with Crippen LogP contribution in [0.4, 0.5) is 0 Å². The highest BCUT2D eigenvalue weighted by molar-refractivity contribution is 5.76. The molecular weight excluding hydrogens is 562 g/mol. The molecule has 1 amide bonds. The van der Waals surface area contributed by atoms with Crippen LogP contribution in [0.5, 0.6) is 0 Å². The average Bonchev–Trinajstić information content (AvgIpc) is 3.59. The molecule has 0 bridgehead atoms. The van der Waals surface area contributed by atoms with Crippen LogP contribution < -0.4 is 5.32 Å². The SMILES string of the molecule is CCCCCCCCC=CCCCCCCCC(=O)NC(C)C(C)C(CCCCCCC=CCCCCCCCC)c1ncc[nH]1. The molecule has 1 aromatic rings. The van der Waals surface area contributed by atoms with E-state index in [0.29, 0.717) is 18.3 Å². The molecule has 0 saturated heterocycles. The standard InChI is InChI=1S/C42H77N3O/c1-5-7-9-11-13-15-17-19-21-23-25-27-29-31-33-35-41(46)45-39(4)38(3)40(42-43-36-37-44-42)34-32-30-28-26-24-22-20-18-16-14-12-10-8-6-2/h19-22,36-40H,5-18,23-35H2,1-4H3,(H,43,44)(H,45,46). The monoisotopic (exact) mass is 640 g/mol. The third-order valence-electron chi connectivity index (χ3n) is 9.88. The fourth-order valence-corrected chi connectivity index (χ4v) is 6.55. The third kappa shape index (κ3) is 24.3. The second-order valence-corrected chi connectivity index (χ2v) is 14.1. The van der Waals surface area contributed by atoms with E-state index in [1.807, 2.05) is 12.4 Å². The van der Waals surface area contributed by atoms with E-state index in [4.69, 9.17) is 0 Å². The molecular formula is C42H77N3O. The van der Waals surface area contributed by atoms with Crippen molar-refractivity contribution >= 4 is 5.91 Å². The number of unbranched alkanes of at least 4 members (excludes halogenated alkanes) is 21. The first kappa shape index (κ1) is 42.2. The maximum absolute atomic E-state index is 12.7. The number of imidazole rings is 1. The Morgan fingerprint density at radius 1 is 0.652 bits per heavy atom. The van der Waals surface area contributed by atoms with Gasteiger partial charge in [-0.15, -0.1) is 0 Å². The summed E-state index contributed by atoms with van der Waals surface area (Å²) in [6.45, 7) is 9.02. The molecule has 3 unspecified atom stereocenters. The highest BCUT2D eigenvalue weighted by Gasteiger charge is 2.26. The van der Waals surface area contributed by atoms with Gasteiger partial charge in [0.25, 0.3) is 0 Å². The minimum atomic E-state index is 0.141. The molecule has 266 valence electrons. The van der Waals surface area contributed by atoms with Crippen LogP contribution in [0.25, 0.3) is 0 Å². The first-order valence-corrected chi connectivity index (χ1v) is 20.2. The van der Waals surface area contributed by atoms with Crippen LogP contribution in [0, 0.1) is 5.92 Å². The summed E-state index contributed by atoms with van der Waals surface area (Å²) in [5, 5.41) is 3.33. The van der Waals surface area contributed by atoms with E-state index in [9.17, 15) is 4.79 Å². The first-order valence-electron chi connectivity index (χ1n) is 20.2. The molecule has 0 fully saturated rings. The zero-order valence-corrected chi connectivity index (χ0v) is 31.1. The zero-order chi connectivity index (χ0) is 33.3. The van der Waals surface area contributed by atoms with E-state index >= 15 is 0 Å². The number of aromatic amines is 1. The van der Waals surface area contributed by atoms with Gasteiger partial charge in [-0.05, 0) is 77.0 Å². The molecule has 0 spiro atoms. The fourth-order valence-electron chi connectivity index (χ4n) is 6.55. The van der Waals surface area contributed by atoms with Crippen LogP contribution in [0.1, 0.15) is 213 Å². The number of nitrogens with zero attached hydrogens (tertiary/aromatic N) is 1. The van der Waals surface area contributed by atoms with E-state index in [2.05, 4.69) is 67.3 Å². The molecule has 1 heterocycles. The van der Waals surface area contributed by atoms with Crippen molar-refractivity contribution in [1.82, 2.24) is 15.3 Å². The van der Waals surface area contributed by atoms with Crippen LogP contribution in [0.2, 0.25) is 0 Å². The van der Waals surface area contributed by atoms with Crippen LogP contribution >= 0.6 is 0 Å². The maximum atomic E-state index is 12.7. The van der Waals surface area contributed by atoms with E-state index in [1.165, 1.54) is 148 Å². The van der Waals surface area contributed by atoms with Crippen molar-refractivity contribution in [3.63, 3.8) is 0 Å². The molecule has 1 aromatic heterocycles. The largest absolute Gasteiger partial charge is 0.353 e. The third-order valence-corrected chi connectivity index (χ3v) is 9.88. The number of carbonyl (C=O) groups excluding carboxylic acids is 1. The summed E-state index contributed by atoms with van der Waals surface area (Å²) < 4.78 is 0. The van der Waals surface area contributed by atoms with Gasteiger partial charge in [-0.2, -0.15) is 0 Å². The number of H-pyrrole nitrogens is 1. The topological polar surface area (TPSA) is 57.8 Å². The number of hydrogen-bond donors (Lipinski definition) is 2. The number of carbonyl (C=O) groups is 1. The van der Waals surface area contributed by atoms with Gasteiger partial charge in [0.1, 0.15) is 5.82 Å². The van der Waals surface area contributed by atoms with Gasteiger partial charge in [0.05, 0.1) is 0 Å². The van der Waals surface area contributed by atoms with Crippen molar-refractivity contribution in [2.45, 2.75) is 213 Å². The van der Waals surface area contributed by atoms with Crippen molar-refractivity contribution in [2.75, 3.05) is 0 Å². The molecule has 0 aromatic carbocycles. The predicted octanol–water partition coefficient (Wildman–Crippen LogP) is 13.3. The molecule has 2 N–H and O–H groups in total. The molecule has 46 heavy (non-hydrogen) atoms. The lowest BCUT2D eigenvalue weighted by Crippen LogP contribution is -2.39. The molecule has 0 aliphatic carbocycles. The number of hydrogen-bond acceptors (Lipinski definition) is 2. The van der Waals surface area contributed by atoms with E-state index < -0.39 is 0 Å². The van der Waals surface area contributed by atoms with Crippen molar-refractivity contribution in [3.8, 4) is 0 Å². The van der Waals surface area contributed by atoms with Gasteiger partial charge in [0.15, 0.2) is 0 Å². The lowest BCUT2D eigenvalue weighted by Gasteiger charge is -2.28. The smallest absolute Gasteiger partial charge is 0.220 e. The van der Waals surface area contributed by atoms with Crippen molar-refractivity contribution in [1.29, 1.82) is 0 Å². The Labute approximate surface area is 286 Å². The second kappa shape index (κ2) is 31.7. The number of nitrogens with one attached hydrogen (secondary N) is 2. The number of amides is 1. The Kier molecular flexibility index (Phi) is 29.1. The molecule has 0 saturated carbocycles. The fraction of sp³-hybridized carbons (Fsp3) is 0.810. The zero-order valence-electron chi connectivity index (χ0n) is 31.1. The van der Waals surface area contributed by atoms with Crippen LogP contribution in [0.3, 0.4) is 0 Å². The normalized spacial score (nSPS) is 13.9. The predicted molar refractivity (Wildman–Crippen MR) is 202 cm³/mol. The lowest BCUT2D eigenvalue weighted by molar-refractivity contribution is -0.122. The second-order valence-electron chi connectivity index (χ2n) is 14.1. The maximum Gasteiger partial charge on any atom is 0.220 e. The summed E-state index contributed by atoms with van der Waals surface area (Å²) in [5.74, 6) is 1.97. The summed E-state index contributed by atoms with van der Waals surface area (Å²) in [4.78, 5) is 20.7. The highest BCUT2D eigenvalue weighted by Crippen LogP contribution is 2.30. The van der Waals surface area contributed by atoms with Crippen molar-refractivity contribution < 1.29 is 4.79 Å². The minimum absolute atomic E-state index is 0.141. The minimum Gasteiger partial charge on any atom is -0.353 e. The van der Waals surface area contributed by atoms with Crippen molar-refractivity contribution in [2.24, 2.45) is 5.92 Å². The molecule has 3 atom stereocenters. The van der Waals surface area contributed by atoms with Gasteiger partial charge in [-0.25, -0.2) is 4.98 Å². The van der Waals surface area contributed by atoms with Gasteiger partial charge in [0.2, 0.25) is 5.91 Å². The van der Waals surface area contributed by atoms with Crippen molar-refractivity contribution in [3.05, 3.63) is 42.5 Å². The molecule has 1 rings (SSSR count). The quantitative estimate of drug-likeness (QED) is 0.0594. The molecule has 0 aliphatic rings. The highest BCUT2D eigenvalue weighted by atomic mass is 16.1. The Balaban J connectivity index is 2.15. The van der Waals surface area contributed by atoms with E-state index in [1.54, 1.807) is 0 Å². The Morgan fingerprint density at radius 2 is 1.09 bits per heavy atom. The summed E-state index contributed by atoms with van der Waals surface area (Å²) in [5.41, 5.74) is 0. The summed E-state index contributed by atoms with van der Waals surface area (Å²) in [6, 6.07) is 0.141. The Bertz CT molecular complexity index is 830. The van der Waals surface area contributed by atoms with Crippen LogP contribution in [0.15, 0.2) is 36.7 Å².